The number of hydrogen-bond donors (Lipinski definition) is 2. The number of ether oxygens (including phenoxy) is 1. The lowest BCUT2D eigenvalue weighted by Gasteiger charge is -2.09. The molecule has 0 saturated heterocycles. The quantitative estimate of drug-likeness (QED) is 0.286. The summed E-state index contributed by atoms with van der Waals surface area (Å²) in [6.45, 7) is 1.74. The van der Waals surface area contributed by atoms with Gasteiger partial charge in [0.15, 0.2) is 0 Å². The number of nitro benzene ring substituents is 1. The summed E-state index contributed by atoms with van der Waals surface area (Å²) in [4.78, 5) is 54.6. The summed E-state index contributed by atoms with van der Waals surface area (Å²) in [5, 5.41) is 15.5. The number of rotatable bonds is 8. The number of thiophene rings is 1. The van der Waals surface area contributed by atoms with E-state index in [1.165, 1.54) is 30.0 Å². The van der Waals surface area contributed by atoms with E-state index in [1.807, 2.05) is 6.26 Å². The number of nitrogens with zero attached hydrogens (tertiary/aromatic N) is 2. The van der Waals surface area contributed by atoms with Gasteiger partial charge in [0, 0.05) is 29.1 Å². The Kier molecular flexibility index (Phi) is 7.38. The van der Waals surface area contributed by atoms with E-state index in [-0.39, 0.29) is 28.6 Å². The van der Waals surface area contributed by atoms with Crippen LogP contribution in [-0.2, 0) is 10.5 Å². The number of aromatic amines is 1. The minimum absolute atomic E-state index is 0.0693. The molecule has 0 bridgehead atoms. The van der Waals surface area contributed by atoms with Crippen molar-refractivity contribution in [2.75, 3.05) is 18.2 Å². The van der Waals surface area contributed by atoms with E-state index in [0.29, 0.717) is 22.7 Å². The van der Waals surface area contributed by atoms with Crippen LogP contribution in [0.5, 0.6) is 0 Å². The Morgan fingerprint density at radius 2 is 2.12 bits per heavy atom. The molecule has 0 atom stereocenters. The van der Waals surface area contributed by atoms with Gasteiger partial charge in [0.05, 0.1) is 17.3 Å². The molecule has 0 fully saturated rings. The Morgan fingerprint density at radius 1 is 1.34 bits per heavy atom. The van der Waals surface area contributed by atoms with Crippen molar-refractivity contribution in [2.45, 2.75) is 12.7 Å². The Balaban J connectivity index is 2.01. The molecule has 0 aliphatic carbocycles. The summed E-state index contributed by atoms with van der Waals surface area (Å²) >= 11 is 2.49. The standard InChI is InChI=1S/C20H18N4O6S2/c1-3-30-20(27)17-13(11-5-4-6-12(7-11)24(28)29)9-32-19(17)23-18(26)14-8-16(25)22-15(21-14)10-31-2/h4-9H,3,10H2,1-2H3,(H,23,26)(H,21,22,25). The smallest absolute Gasteiger partial charge is 0.341 e. The maximum absolute atomic E-state index is 12.8. The molecule has 3 rings (SSSR count). The second-order valence-electron chi connectivity index (χ2n) is 6.35. The molecule has 0 aliphatic rings. The van der Waals surface area contributed by atoms with Gasteiger partial charge in [0.1, 0.15) is 22.1 Å². The first-order chi connectivity index (χ1) is 15.3. The van der Waals surface area contributed by atoms with Crippen molar-refractivity contribution in [3.63, 3.8) is 0 Å². The van der Waals surface area contributed by atoms with Crippen LogP contribution in [-0.4, -0.2) is 39.6 Å². The average molecular weight is 475 g/mol. The second-order valence-corrected chi connectivity index (χ2v) is 8.09. The topological polar surface area (TPSA) is 144 Å². The minimum Gasteiger partial charge on any atom is -0.462 e. The molecule has 0 saturated carbocycles. The lowest BCUT2D eigenvalue weighted by Crippen LogP contribution is -2.21. The molecule has 0 radical (unpaired) electrons. The molecular weight excluding hydrogens is 456 g/mol. The van der Waals surface area contributed by atoms with Crippen molar-refractivity contribution < 1.29 is 19.2 Å². The maximum Gasteiger partial charge on any atom is 0.341 e. The van der Waals surface area contributed by atoms with Gasteiger partial charge in [-0.3, -0.25) is 19.7 Å². The number of benzene rings is 1. The first-order valence-electron chi connectivity index (χ1n) is 9.28. The lowest BCUT2D eigenvalue weighted by atomic mass is 10.0. The molecule has 32 heavy (non-hydrogen) atoms. The van der Waals surface area contributed by atoms with Crippen molar-refractivity contribution >= 4 is 45.7 Å². The van der Waals surface area contributed by atoms with E-state index in [4.69, 9.17) is 4.74 Å². The number of nitro groups is 1. The predicted molar refractivity (Wildman–Crippen MR) is 122 cm³/mol. The van der Waals surface area contributed by atoms with Gasteiger partial charge in [0.25, 0.3) is 17.2 Å². The molecular formula is C20H18N4O6S2. The van der Waals surface area contributed by atoms with Crippen molar-refractivity contribution in [3.8, 4) is 11.1 Å². The molecule has 166 valence electrons. The number of aromatic nitrogens is 2. The fourth-order valence-corrected chi connectivity index (χ4v) is 4.21. The molecule has 2 aromatic heterocycles. The van der Waals surface area contributed by atoms with Gasteiger partial charge >= 0.3 is 5.97 Å². The molecule has 3 aromatic rings. The molecule has 0 aliphatic heterocycles. The number of carbonyl (C=O) groups is 2. The summed E-state index contributed by atoms with van der Waals surface area (Å²) in [6.07, 6.45) is 1.83. The monoisotopic (exact) mass is 474 g/mol. The predicted octanol–water partition coefficient (Wildman–Crippen LogP) is 3.70. The molecule has 12 heteroatoms. The molecule has 10 nitrogen and oxygen atoms in total. The van der Waals surface area contributed by atoms with E-state index >= 15 is 0 Å². The Labute approximate surface area is 190 Å². The average Bonchev–Trinajstić information content (AvgIpc) is 3.17. The summed E-state index contributed by atoms with van der Waals surface area (Å²) in [7, 11) is 0. The number of esters is 1. The minimum atomic E-state index is -0.688. The first-order valence-corrected chi connectivity index (χ1v) is 11.5. The van der Waals surface area contributed by atoms with Gasteiger partial charge < -0.3 is 15.0 Å². The zero-order chi connectivity index (χ0) is 23.3. The molecule has 2 heterocycles. The lowest BCUT2D eigenvalue weighted by molar-refractivity contribution is -0.384. The number of hydrogen-bond acceptors (Lipinski definition) is 9. The molecule has 2 N–H and O–H groups in total. The van der Waals surface area contributed by atoms with Crippen LogP contribution in [0.3, 0.4) is 0 Å². The van der Waals surface area contributed by atoms with Gasteiger partial charge in [-0.15, -0.1) is 11.3 Å². The van der Waals surface area contributed by atoms with Crippen LogP contribution < -0.4 is 10.9 Å². The van der Waals surface area contributed by atoms with E-state index in [2.05, 4.69) is 15.3 Å². The second kappa shape index (κ2) is 10.2. The van der Waals surface area contributed by atoms with Crippen LogP contribution in [0.1, 0.15) is 33.6 Å². The largest absolute Gasteiger partial charge is 0.462 e. The third kappa shape index (κ3) is 5.21. The molecule has 1 aromatic carbocycles. The number of nitrogens with one attached hydrogen (secondary N) is 2. The summed E-state index contributed by atoms with van der Waals surface area (Å²) in [5.74, 6) is -0.589. The number of thioether (sulfide) groups is 1. The third-order valence-corrected chi connectivity index (χ3v) is 5.63. The van der Waals surface area contributed by atoms with Crippen molar-refractivity contribution in [2.24, 2.45) is 0 Å². The van der Waals surface area contributed by atoms with E-state index < -0.39 is 22.4 Å². The Morgan fingerprint density at radius 3 is 2.81 bits per heavy atom. The van der Waals surface area contributed by atoms with Gasteiger partial charge in [-0.1, -0.05) is 12.1 Å². The normalized spacial score (nSPS) is 10.6. The highest BCUT2D eigenvalue weighted by molar-refractivity contribution is 7.97. The highest BCUT2D eigenvalue weighted by Crippen LogP contribution is 2.37. The molecule has 0 unspecified atom stereocenters. The number of non-ortho nitro benzene ring substituents is 1. The van der Waals surface area contributed by atoms with E-state index in [9.17, 15) is 24.5 Å². The molecule has 1 amide bonds. The summed E-state index contributed by atoms with van der Waals surface area (Å²) < 4.78 is 5.13. The number of anilines is 1. The SMILES string of the molecule is CCOC(=O)c1c(-c2cccc([N+](=O)[O-])c2)csc1NC(=O)c1cc(=O)[nH]c(CSC)n1. The van der Waals surface area contributed by atoms with Crippen LogP contribution in [0.4, 0.5) is 10.7 Å². The summed E-state index contributed by atoms with van der Waals surface area (Å²) in [6, 6.07) is 6.87. The van der Waals surface area contributed by atoms with Crippen LogP contribution in [0, 0.1) is 10.1 Å². The fraction of sp³-hybridized carbons (Fsp3) is 0.200. The number of amides is 1. The van der Waals surface area contributed by atoms with Gasteiger partial charge in [0.2, 0.25) is 0 Å². The van der Waals surface area contributed by atoms with E-state index in [0.717, 1.165) is 17.4 Å². The van der Waals surface area contributed by atoms with Gasteiger partial charge in [-0.25, -0.2) is 9.78 Å². The van der Waals surface area contributed by atoms with Gasteiger partial charge in [-0.2, -0.15) is 11.8 Å². The van der Waals surface area contributed by atoms with Crippen molar-refractivity contribution in [1.29, 1.82) is 0 Å². The van der Waals surface area contributed by atoms with Crippen molar-refractivity contribution in [3.05, 3.63) is 73.3 Å². The highest BCUT2D eigenvalue weighted by Gasteiger charge is 2.24. The van der Waals surface area contributed by atoms with Crippen molar-refractivity contribution in [1.82, 2.24) is 9.97 Å². The third-order valence-electron chi connectivity index (χ3n) is 4.17. The highest BCUT2D eigenvalue weighted by atomic mass is 32.2. The van der Waals surface area contributed by atoms with Crippen LogP contribution in [0.25, 0.3) is 11.1 Å². The van der Waals surface area contributed by atoms with Crippen LogP contribution in [0.15, 0.2) is 40.5 Å². The number of H-pyrrole nitrogens is 1. The van der Waals surface area contributed by atoms with Crippen LogP contribution >= 0.6 is 23.1 Å². The van der Waals surface area contributed by atoms with Crippen LogP contribution in [0.2, 0.25) is 0 Å². The first kappa shape index (κ1) is 23.2. The zero-order valence-electron chi connectivity index (χ0n) is 17.0. The Bertz CT molecular complexity index is 1240. The molecule has 0 spiro atoms. The van der Waals surface area contributed by atoms with Gasteiger partial charge in [-0.05, 0) is 18.7 Å². The van der Waals surface area contributed by atoms with E-state index in [1.54, 1.807) is 18.4 Å². The number of carbonyl (C=O) groups excluding carboxylic acids is 2. The fourth-order valence-electron chi connectivity index (χ4n) is 2.85. The summed E-state index contributed by atoms with van der Waals surface area (Å²) in [5.41, 5.74) is 0.175. The Hall–Kier alpha value is -3.51. The maximum atomic E-state index is 12.8. The zero-order valence-corrected chi connectivity index (χ0v) is 18.7.